The van der Waals surface area contributed by atoms with Crippen LogP contribution in [0.1, 0.15) is 17.3 Å². The van der Waals surface area contributed by atoms with Crippen LogP contribution in [-0.4, -0.2) is 49.3 Å². The minimum atomic E-state index is -1.05. The quantitative estimate of drug-likeness (QED) is 0.771. The number of aromatic nitrogens is 1. The molecule has 0 bridgehead atoms. The summed E-state index contributed by atoms with van der Waals surface area (Å²) in [6.45, 7) is 4.51. The van der Waals surface area contributed by atoms with E-state index in [0.717, 1.165) is 18.8 Å². The second kappa shape index (κ2) is 8.50. The van der Waals surface area contributed by atoms with E-state index in [4.69, 9.17) is 9.47 Å². The van der Waals surface area contributed by atoms with E-state index >= 15 is 0 Å². The molecule has 1 fully saturated rings. The van der Waals surface area contributed by atoms with Gasteiger partial charge in [-0.15, -0.1) is 0 Å². The minimum Gasteiger partial charge on any atom is -0.449 e. The van der Waals surface area contributed by atoms with Gasteiger partial charge in [0.2, 0.25) is 0 Å². The summed E-state index contributed by atoms with van der Waals surface area (Å²) >= 11 is 0. The first kappa shape index (κ1) is 18.7. The Kier molecular flexibility index (Phi) is 5.87. The van der Waals surface area contributed by atoms with Gasteiger partial charge in [-0.3, -0.25) is 9.59 Å². The van der Waals surface area contributed by atoms with Crippen molar-refractivity contribution >= 4 is 23.3 Å². The molecule has 1 aliphatic rings. The standard InChI is InChI=1S/C19H21N3O5/c1-13(27-19(25)16-3-2-8-20-18(16)24)17(23)21-14-4-6-15(7-5-14)22-9-11-26-12-10-22/h2-8,13H,9-12H2,1H3,(H,20,24)(H,21,23)/t13-/m1/s1. The zero-order valence-electron chi connectivity index (χ0n) is 14.9. The maximum atomic E-state index is 12.2. The molecular weight excluding hydrogens is 350 g/mol. The second-order valence-electron chi connectivity index (χ2n) is 6.10. The van der Waals surface area contributed by atoms with E-state index in [1.807, 2.05) is 12.1 Å². The van der Waals surface area contributed by atoms with Crippen molar-refractivity contribution in [1.82, 2.24) is 4.98 Å². The number of amides is 1. The molecule has 27 heavy (non-hydrogen) atoms. The summed E-state index contributed by atoms with van der Waals surface area (Å²) < 4.78 is 10.4. The lowest BCUT2D eigenvalue weighted by atomic mass is 10.2. The fourth-order valence-corrected chi connectivity index (χ4v) is 2.68. The van der Waals surface area contributed by atoms with E-state index in [9.17, 15) is 14.4 Å². The van der Waals surface area contributed by atoms with Gasteiger partial charge < -0.3 is 24.7 Å². The second-order valence-corrected chi connectivity index (χ2v) is 6.10. The topological polar surface area (TPSA) is 101 Å². The summed E-state index contributed by atoms with van der Waals surface area (Å²) in [5, 5.41) is 2.70. The van der Waals surface area contributed by atoms with E-state index in [0.29, 0.717) is 18.9 Å². The lowest BCUT2D eigenvalue weighted by molar-refractivity contribution is -0.123. The number of carbonyl (C=O) groups is 2. The first-order valence-electron chi connectivity index (χ1n) is 8.67. The molecule has 1 amide bonds. The molecule has 1 aromatic carbocycles. The molecule has 1 atom stereocenters. The van der Waals surface area contributed by atoms with Crippen molar-refractivity contribution in [2.75, 3.05) is 36.5 Å². The summed E-state index contributed by atoms with van der Waals surface area (Å²) in [6, 6.07) is 10.3. The molecule has 2 aromatic rings. The zero-order valence-corrected chi connectivity index (χ0v) is 14.9. The van der Waals surface area contributed by atoms with Crippen molar-refractivity contribution in [3.05, 3.63) is 58.5 Å². The van der Waals surface area contributed by atoms with Crippen LogP contribution in [0, 0.1) is 0 Å². The van der Waals surface area contributed by atoms with E-state index in [1.54, 1.807) is 12.1 Å². The first-order chi connectivity index (χ1) is 13.0. The highest BCUT2D eigenvalue weighted by Gasteiger charge is 2.21. The maximum absolute atomic E-state index is 12.2. The molecule has 0 unspecified atom stereocenters. The highest BCUT2D eigenvalue weighted by Crippen LogP contribution is 2.19. The number of morpholine rings is 1. The molecule has 2 heterocycles. The van der Waals surface area contributed by atoms with Crippen LogP contribution < -0.4 is 15.8 Å². The van der Waals surface area contributed by atoms with Crippen molar-refractivity contribution in [1.29, 1.82) is 0 Å². The smallest absolute Gasteiger partial charge is 0.344 e. The molecule has 3 rings (SSSR count). The highest BCUT2D eigenvalue weighted by atomic mass is 16.5. The molecule has 0 aliphatic carbocycles. The van der Waals surface area contributed by atoms with Gasteiger partial charge in [0.05, 0.1) is 13.2 Å². The number of carbonyl (C=O) groups excluding carboxylic acids is 2. The fraction of sp³-hybridized carbons (Fsp3) is 0.316. The summed E-state index contributed by atoms with van der Waals surface area (Å²) in [6.07, 6.45) is 0.367. The predicted octanol–water partition coefficient (Wildman–Crippen LogP) is 1.40. The zero-order chi connectivity index (χ0) is 19.2. The number of ether oxygens (including phenoxy) is 2. The molecule has 2 N–H and O–H groups in total. The average Bonchev–Trinajstić information content (AvgIpc) is 2.69. The largest absolute Gasteiger partial charge is 0.449 e. The molecule has 0 saturated carbocycles. The number of hydrogen-bond donors (Lipinski definition) is 2. The lowest BCUT2D eigenvalue weighted by Gasteiger charge is -2.28. The van der Waals surface area contributed by atoms with Crippen LogP contribution in [0.2, 0.25) is 0 Å². The molecule has 1 aromatic heterocycles. The van der Waals surface area contributed by atoms with Gasteiger partial charge in [0, 0.05) is 30.7 Å². The summed E-state index contributed by atoms with van der Waals surface area (Å²) in [5.41, 5.74) is 0.942. The summed E-state index contributed by atoms with van der Waals surface area (Å²) in [4.78, 5) is 40.5. The van der Waals surface area contributed by atoms with Crippen LogP contribution in [0.25, 0.3) is 0 Å². The Balaban J connectivity index is 1.57. The monoisotopic (exact) mass is 371 g/mol. The SMILES string of the molecule is C[C@@H](OC(=O)c1ccc[nH]c1=O)C(=O)Nc1ccc(N2CCOCC2)cc1. The van der Waals surface area contributed by atoms with Gasteiger partial charge in [-0.05, 0) is 43.3 Å². The van der Waals surface area contributed by atoms with Crippen LogP contribution >= 0.6 is 0 Å². The van der Waals surface area contributed by atoms with Gasteiger partial charge in [0.1, 0.15) is 5.56 Å². The molecule has 142 valence electrons. The molecule has 8 nitrogen and oxygen atoms in total. The third-order valence-electron chi connectivity index (χ3n) is 4.20. The fourth-order valence-electron chi connectivity index (χ4n) is 2.68. The van der Waals surface area contributed by atoms with Crippen molar-refractivity contribution in [3.8, 4) is 0 Å². The Morgan fingerprint density at radius 3 is 2.56 bits per heavy atom. The van der Waals surface area contributed by atoms with Crippen molar-refractivity contribution in [2.45, 2.75) is 13.0 Å². The molecule has 1 saturated heterocycles. The minimum absolute atomic E-state index is 0.146. The van der Waals surface area contributed by atoms with Gasteiger partial charge in [0.15, 0.2) is 6.10 Å². The van der Waals surface area contributed by atoms with Gasteiger partial charge in [-0.1, -0.05) is 0 Å². The number of anilines is 2. The Hall–Kier alpha value is -3.13. The molecular formula is C19H21N3O5. The molecule has 8 heteroatoms. The number of pyridine rings is 1. The number of aromatic amines is 1. The molecule has 0 spiro atoms. The van der Waals surface area contributed by atoms with Crippen LogP contribution in [0.15, 0.2) is 47.4 Å². The third-order valence-corrected chi connectivity index (χ3v) is 4.20. The Labute approximate surface area is 156 Å². The van der Waals surface area contributed by atoms with E-state index in [-0.39, 0.29) is 5.56 Å². The van der Waals surface area contributed by atoms with Crippen LogP contribution in [0.5, 0.6) is 0 Å². The molecule has 1 aliphatic heterocycles. The molecule has 0 radical (unpaired) electrons. The summed E-state index contributed by atoms with van der Waals surface area (Å²) in [5.74, 6) is -1.32. The number of benzene rings is 1. The van der Waals surface area contributed by atoms with Crippen molar-refractivity contribution < 1.29 is 19.1 Å². The van der Waals surface area contributed by atoms with E-state index in [2.05, 4.69) is 15.2 Å². The number of hydrogen-bond acceptors (Lipinski definition) is 6. The number of rotatable bonds is 5. The number of nitrogens with one attached hydrogen (secondary N) is 2. The van der Waals surface area contributed by atoms with Gasteiger partial charge in [-0.2, -0.15) is 0 Å². The first-order valence-corrected chi connectivity index (χ1v) is 8.67. The van der Waals surface area contributed by atoms with Gasteiger partial charge in [-0.25, -0.2) is 4.79 Å². The summed E-state index contributed by atoms with van der Waals surface area (Å²) in [7, 11) is 0. The normalized spacial score (nSPS) is 15.1. The van der Waals surface area contributed by atoms with Crippen molar-refractivity contribution in [2.24, 2.45) is 0 Å². The Morgan fingerprint density at radius 1 is 1.19 bits per heavy atom. The van der Waals surface area contributed by atoms with Gasteiger partial charge in [0.25, 0.3) is 11.5 Å². The Morgan fingerprint density at radius 2 is 1.89 bits per heavy atom. The maximum Gasteiger partial charge on any atom is 0.344 e. The lowest BCUT2D eigenvalue weighted by Crippen LogP contribution is -2.36. The van der Waals surface area contributed by atoms with Crippen LogP contribution in [0.4, 0.5) is 11.4 Å². The third kappa shape index (κ3) is 4.73. The van der Waals surface area contributed by atoms with Crippen LogP contribution in [0.3, 0.4) is 0 Å². The van der Waals surface area contributed by atoms with Crippen LogP contribution in [-0.2, 0) is 14.3 Å². The number of H-pyrrole nitrogens is 1. The van der Waals surface area contributed by atoms with E-state index in [1.165, 1.54) is 25.3 Å². The van der Waals surface area contributed by atoms with E-state index < -0.39 is 23.5 Å². The van der Waals surface area contributed by atoms with Crippen molar-refractivity contribution in [3.63, 3.8) is 0 Å². The highest BCUT2D eigenvalue weighted by molar-refractivity contribution is 5.97. The van der Waals surface area contributed by atoms with Gasteiger partial charge >= 0.3 is 5.97 Å². The average molecular weight is 371 g/mol. The number of nitrogens with zero attached hydrogens (tertiary/aromatic N) is 1. The Bertz CT molecular complexity index is 856. The predicted molar refractivity (Wildman–Crippen MR) is 100 cm³/mol. The number of esters is 1.